The molecule has 0 N–H and O–H groups in total. The zero-order valence-electron chi connectivity index (χ0n) is 29.9. The Balaban J connectivity index is 1.16. The minimum atomic E-state index is 1.10. The summed E-state index contributed by atoms with van der Waals surface area (Å²) < 4.78 is 5.07. The topological polar surface area (TPSA) is 8.17 Å². The Hall–Kier alpha value is -6.94. The lowest BCUT2D eigenvalue weighted by Gasteiger charge is -2.29. The van der Waals surface area contributed by atoms with Gasteiger partial charge >= 0.3 is 0 Å². The Morgan fingerprint density at radius 3 is 1.80 bits per heavy atom. The first-order valence-corrected chi connectivity index (χ1v) is 19.6. The Morgan fingerprint density at radius 2 is 0.982 bits per heavy atom. The normalized spacial score (nSPS) is 11.6. The molecule has 0 saturated heterocycles. The van der Waals surface area contributed by atoms with E-state index < -0.39 is 0 Å². The van der Waals surface area contributed by atoms with Gasteiger partial charge in [-0.2, -0.15) is 0 Å². The Morgan fingerprint density at radius 1 is 0.382 bits per heavy atom. The molecule has 0 fully saturated rings. The number of benzene rings is 9. The van der Waals surface area contributed by atoms with E-state index in [0.717, 1.165) is 22.7 Å². The summed E-state index contributed by atoms with van der Waals surface area (Å²) >= 11 is 1.89. The lowest BCUT2D eigenvalue weighted by molar-refractivity contribution is 1.18. The number of anilines is 3. The molecule has 0 bridgehead atoms. The van der Waals surface area contributed by atoms with Gasteiger partial charge in [0.1, 0.15) is 0 Å². The highest BCUT2D eigenvalue weighted by molar-refractivity contribution is 7.26. The van der Waals surface area contributed by atoms with Crippen LogP contribution in [0.2, 0.25) is 0 Å². The molecule has 0 radical (unpaired) electrons. The molecule has 0 saturated carbocycles. The average Bonchev–Trinajstić information content (AvgIpc) is 3.81. The van der Waals surface area contributed by atoms with Crippen molar-refractivity contribution in [3.63, 3.8) is 0 Å². The van der Waals surface area contributed by atoms with Gasteiger partial charge in [-0.1, -0.05) is 146 Å². The maximum atomic E-state index is 2.46. The van der Waals surface area contributed by atoms with Gasteiger partial charge in [0.05, 0.1) is 22.4 Å². The van der Waals surface area contributed by atoms with Gasteiger partial charge in [-0.3, -0.25) is 0 Å². The van der Waals surface area contributed by atoms with E-state index in [9.17, 15) is 0 Å². The van der Waals surface area contributed by atoms with Crippen LogP contribution < -0.4 is 4.90 Å². The minimum absolute atomic E-state index is 1.10. The zero-order valence-corrected chi connectivity index (χ0v) is 30.7. The predicted octanol–water partition coefficient (Wildman–Crippen LogP) is 15.1. The van der Waals surface area contributed by atoms with Crippen LogP contribution >= 0.6 is 11.3 Å². The van der Waals surface area contributed by atoms with E-state index in [1.54, 1.807) is 0 Å². The molecule has 258 valence electrons. The van der Waals surface area contributed by atoms with Crippen LogP contribution in [0.1, 0.15) is 0 Å². The highest BCUT2D eigenvalue weighted by Crippen LogP contribution is 2.48. The summed E-state index contributed by atoms with van der Waals surface area (Å²) in [6.45, 7) is 0. The van der Waals surface area contributed by atoms with Gasteiger partial charge in [0.2, 0.25) is 0 Å². The van der Waals surface area contributed by atoms with E-state index in [1.807, 2.05) is 11.3 Å². The summed E-state index contributed by atoms with van der Waals surface area (Å²) in [5.41, 5.74) is 11.7. The van der Waals surface area contributed by atoms with E-state index in [0.29, 0.717) is 0 Å². The third-order valence-corrected chi connectivity index (χ3v) is 12.2. The van der Waals surface area contributed by atoms with Crippen LogP contribution in [-0.4, -0.2) is 4.57 Å². The molecule has 0 aliphatic carbocycles. The first-order valence-electron chi connectivity index (χ1n) is 18.8. The van der Waals surface area contributed by atoms with Crippen LogP contribution in [0.15, 0.2) is 206 Å². The van der Waals surface area contributed by atoms with Crippen LogP contribution in [0.3, 0.4) is 0 Å². The van der Waals surface area contributed by atoms with Crippen molar-refractivity contribution in [2.75, 3.05) is 4.90 Å². The monoisotopic (exact) mass is 718 g/mol. The molecule has 3 heteroatoms. The first kappa shape index (κ1) is 31.6. The molecular weight excluding hydrogens is 685 g/mol. The van der Waals surface area contributed by atoms with Crippen molar-refractivity contribution < 1.29 is 0 Å². The smallest absolute Gasteiger partial charge is 0.0562 e. The Kier molecular flexibility index (Phi) is 7.39. The minimum Gasteiger partial charge on any atom is -0.309 e. The molecule has 11 aromatic rings. The lowest BCUT2D eigenvalue weighted by atomic mass is 9.95. The molecule has 0 spiro atoms. The fraction of sp³-hybridized carbons (Fsp3) is 0. The largest absolute Gasteiger partial charge is 0.309 e. The van der Waals surface area contributed by atoms with Crippen molar-refractivity contribution in [1.82, 2.24) is 4.57 Å². The van der Waals surface area contributed by atoms with Crippen LogP contribution in [0, 0.1) is 0 Å². The molecule has 0 unspecified atom stereocenters. The van der Waals surface area contributed by atoms with Gasteiger partial charge in [-0.05, 0) is 82.7 Å². The van der Waals surface area contributed by atoms with Crippen LogP contribution in [0.25, 0.3) is 80.7 Å². The highest BCUT2D eigenvalue weighted by Gasteiger charge is 2.23. The van der Waals surface area contributed by atoms with Crippen LogP contribution in [0.5, 0.6) is 0 Å². The quantitative estimate of drug-likeness (QED) is 0.166. The van der Waals surface area contributed by atoms with Crippen molar-refractivity contribution in [2.24, 2.45) is 0 Å². The second-order valence-electron chi connectivity index (χ2n) is 14.1. The van der Waals surface area contributed by atoms with E-state index in [4.69, 9.17) is 0 Å². The summed E-state index contributed by atoms with van der Waals surface area (Å²) in [6, 6.07) is 75.1. The van der Waals surface area contributed by atoms with E-state index in [2.05, 4.69) is 216 Å². The molecule has 9 aromatic carbocycles. The summed E-state index contributed by atoms with van der Waals surface area (Å²) in [5, 5.41) is 7.66. The zero-order chi connectivity index (χ0) is 36.3. The summed E-state index contributed by atoms with van der Waals surface area (Å²) in [5.74, 6) is 0. The number of thiophene rings is 1. The molecule has 0 aliphatic rings. The number of hydrogen-bond donors (Lipinski definition) is 0. The van der Waals surface area contributed by atoms with Crippen LogP contribution in [0.4, 0.5) is 17.1 Å². The van der Waals surface area contributed by atoms with E-state index in [1.165, 1.54) is 75.0 Å². The van der Waals surface area contributed by atoms with Crippen molar-refractivity contribution >= 4 is 81.1 Å². The molecule has 11 rings (SSSR count). The van der Waals surface area contributed by atoms with Crippen molar-refractivity contribution in [3.8, 4) is 27.9 Å². The summed E-state index contributed by atoms with van der Waals surface area (Å²) in [4.78, 5) is 2.46. The average molecular weight is 719 g/mol. The predicted molar refractivity (Wildman–Crippen MR) is 237 cm³/mol. The third-order valence-electron chi connectivity index (χ3n) is 11.0. The number of rotatable bonds is 6. The van der Waals surface area contributed by atoms with Gasteiger partial charge in [0.15, 0.2) is 0 Å². The molecule has 0 aliphatic heterocycles. The molecular formula is C52H34N2S. The first-order chi connectivity index (χ1) is 27.3. The Labute approximate surface area is 323 Å². The SMILES string of the molecule is c1ccc(-c2ccccc2N(c2ccc(-c3cc4c5ccccc5sc4c4ccccc34)cc2)c2cccc3c2c2ccccc2n3-c2ccccc2)cc1. The molecule has 0 amide bonds. The van der Waals surface area contributed by atoms with Gasteiger partial charge in [0, 0.05) is 53.3 Å². The summed E-state index contributed by atoms with van der Waals surface area (Å²) in [6.07, 6.45) is 0. The lowest BCUT2D eigenvalue weighted by Crippen LogP contribution is -2.11. The number of aromatic nitrogens is 1. The summed E-state index contributed by atoms with van der Waals surface area (Å²) in [7, 11) is 0. The molecule has 2 nitrogen and oxygen atoms in total. The number of hydrogen-bond acceptors (Lipinski definition) is 2. The fourth-order valence-electron chi connectivity index (χ4n) is 8.56. The second kappa shape index (κ2) is 12.9. The Bertz CT molecular complexity index is 3190. The molecule has 55 heavy (non-hydrogen) atoms. The molecule has 2 aromatic heterocycles. The second-order valence-corrected chi connectivity index (χ2v) is 15.1. The number of nitrogens with zero attached hydrogens (tertiary/aromatic N) is 2. The van der Waals surface area contributed by atoms with Gasteiger partial charge in [0.25, 0.3) is 0 Å². The number of para-hydroxylation sites is 3. The van der Waals surface area contributed by atoms with Crippen LogP contribution in [-0.2, 0) is 0 Å². The highest BCUT2D eigenvalue weighted by atomic mass is 32.1. The fourth-order valence-corrected chi connectivity index (χ4v) is 9.78. The van der Waals surface area contributed by atoms with Gasteiger partial charge in [-0.15, -0.1) is 11.3 Å². The number of fused-ring (bicyclic) bond motifs is 8. The maximum Gasteiger partial charge on any atom is 0.0562 e. The molecule has 0 atom stereocenters. The van der Waals surface area contributed by atoms with Gasteiger partial charge in [-0.25, -0.2) is 0 Å². The maximum absolute atomic E-state index is 2.46. The van der Waals surface area contributed by atoms with Crippen molar-refractivity contribution in [1.29, 1.82) is 0 Å². The molecule has 2 heterocycles. The van der Waals surface area contributed by atoms with Crippen molar-refractivity contribution in [2.45, 2.75) is 0 Å². The van der Waals surface area contributed by atoms with Gasteiger partial charge < -0.3 is 9.47 Å². The van der Waals surface area contributed by atoms with Crippen molar-refractivity contribution in [3.05, 3.63) is 206 Å². The van der Waals surface area contributed by atoms with E-state index in [-0.39, 0.29) is 0 Å². The standard InChI is InChI=1S/C52H34N2S/c1-3-16-35(17-4-1)39-20-9-12-25-46(39)54(49-28-15-27-48-51(49)43-24-10-13-26-47(43)53(48)37-18-5-2-6-19-37)38-32-30-36(31-33-38)44-34-45-41-22-11-14-29-50(41)55-52(45)42-23-8-7-21-40(42)44/h1-34H. The van der Waals surface area contributed by atoms with E-state index >= 15 is 0 Å². The third kappa shape index (κ3) is 5.09.